The van der Waals surface area contributed by atoms with E-state index < -0.39 is 5.91 Å². The number of benzene rings is 1. The van der Waals surface area contributed by atoms with Gasteiger partial charge in [0.05, 0.1) is 16.9 Å². The Bertz CT molecular complexity index is 814. The molecule has 2 amide bonds. The van der Waals surface area contributed by atoms with Gasteiger partial charge in [-0.1, -0.05) is 19.1 Å². The lowest BCUT2D eigenvalue weighted by Crippen LogP contribution is -2.38. The standard InChI is InChI=1S/C16H18N4O3/c1-2-7-20-9-10(8-13(20)21)17-16(23)14-18-12-6-4-3-5-11(12)15(22)19-14/h3-6,10H,2,7-9H2,1H3,(H,17,23)(H,18,19,22)/t10-/m0/s1. The Kier molecular flexibility index (Phi) is 4.10. The highest BCUT2D eigenvalue weighted by molar-refractivity contribution is 5.93. The molecule has 1 aromatic carbocycles. The first-order valence-corrected chi connectivity index (χ1v) is 7.66. The Labute approximate surface area is 132 Å². The van der Waals surface area contributed by atoms with Gasteiger partial charge in [0.25, 0.3) is 11.5 Å². The number of aromatic nitrogens is 2. The van der Waals surface area contributed by atoms with Crippen LogP contribution in [0.25, 0.3) is 10.9 Å². The first-order valence-electron chi connectivity index (χ1n) is 7.66. The van der Waals surface area contributed by atoms with Gasteiger partial charge in [-0.05, 0) is 18.6 Å². The van der Waals surface area contributed by atoms with Gasteiger partial charge in [0.1, 0.15) is 0 Å². The monoisotopic (exact) mass is 314 g/mol. The van der Waals surface area contributed by atoms with Gasteiger partial charge in [-0.3, -0.25) is 14.4 Å². The Morgan fingerprint density at radius 1 is 1.39 bits per heavy atom. The van der Waals surface area contributed by atoms with Crippen LogP contribution in [0.5, 0.6) is 0 Å². The van der Waals surface area contributed by atoms with Crippen LogP contribution in [0.15, 0.2) is 29.1 Å². The number of H-pyrrole nitrogens is 1. The lowest BCUT2D eigenvalue weighted by atomic mass is 10.2. The van der Waals surface area contributed by atoms with Crippen LogP contribution in [0.1, 0.15) is 30.4 Å². The summed E-state index contributed by atoms with van der Waals surface area (Å²) in [5.41, 5.74) is 0.118. The minimum absolute atomic E-state index is 0.0323. The average Bonchev–Trinajstić information content (AvgIpc) is 2.87. The first-order chi connectivity index (χ1) is 11.1. The molecule has 1 aliphatic heterocycles. The number of nitrogens with one attached hydrogen (secondary N) is 2. The van der Waals surface area contributed by atoms with Gasteiger partial charge in [0.2, 0.25) is 5.91 Å². The van der Waals surface area contributed by atoms with Gasteiger partial charge < -0.3 is 15.2 Å². The number of hydrogen-bond donors (Lipinski definition) is 2. The minimum Gasteiger partial charge on any atom is -0.344 e. The van der Waals surface area contributed by atoms with Gasteiger partial charge in [-0.2, -0.15) is 0 Å². The molecule has 7 heteroatoms. The molecule has 0 spiro atoms. The summed E-state index contributed by atoms with van der Waals surface area (Å²) in [5.74, 6) is -0.462. The highest BCUT2D eigenvalue weighted by atomic mass is 16.2. The summed E-state index contributed by atoms with van der Waals surface area (Å²) >= 11 is 0. The van der Waals surface area contributed by atoms with Crippen LogP contribution < -0.4 is 10.9 Å². The fourth-order valence-corrected chi connectivity index (χ4v) is 2.80. The minimum atomic E-state index is -0.469. The van der Waals surface area contributed by atoms with Gasteiger partial charge in [0, 0.05) is 19.5 Å². The van der Waals surface area contributed by atoms with Crippen molar-refractivity contribution in [3.63, 3.8) is 0 Å². The average molecular weight is 314 g/mol. The second-order valence-corrected chi connectivity index (χ2v) is 5.65. The third kappa shape index (κ3) is 3.08. The number of para-hydroxylation sites is 1. The zero-order valence-corrected chi connectivity index (χ0v) is 12.8. The predicted molar refractivity (Wildman–Crippen MR) is 85.1 cm³/mol. The zero-order chi connectivity index (χ0) is 16.4. The van der Waals surface area contributed by atoms with Crippen LogP contribution in [0.4, 0.5) is 0 Å². The number of likely N-dealkylation sites (tertiary alicyclic amines) is 1. The molecule has 1 aliphatic rings. The smallest absolute Gasteiger partial charge is 0.287 e. The molecule has 0 saturated carbocycles. The number of carbonyl (C=O) groups excluding carboxylic acids is 2. The van der Waals surface area contributed by atoms with Crippen LogP contribution in [-0.4, -0.2) is 45.8 Å². The number of carbonyl (C=O) groups is 2. The van der Waals surface area contributed by atoms with Gasteiger partial charge in [-0.15, -0.1) is 0 Å². The van der Waals surface area contributed by atoms with Crippen LogP contribution in [0, 0.1) is 0 Å². The molecule has 1 fully saturated rings. The summed E-state index contributed by atoms with van der Waals surface area (Å²) in [5, 5.41) is 3.21. The second kappa shape index (κ2) is 6.20. The van der Waals surface area contributed by atoms with E-state index in [1.807, 2.05) is 6.92 Å². The normalized spacial score (nSPS) is 17.7. The molecule has 0 bridgehead atoms. The molecule has 2 aromatic rings. The Morgan fingerprint density at radius 2 is 2.17 bits per heavy atom. The molecule has 2 heterocycles. The molecule has 7 nitrogen and oxygen atoms in total. The van der Waals surface area contributed by atoms with E-state index in [9.17, 15) is 14.4 Å². The molecular weight excluding hydrogens is 296 g/mol. The van der Waals surface area contributed by atoms with Crippen molar-refractivity contribution in [1.82, 2.24) is 20.2 Å². The summed E-state index contributed by atoms with van der Waals surface area (Å²) in [6.45, 7) is 3.19. The van der Waals surface area contributed by atoms with E-state index in [1.165, 1.54) is 0 Å². The van der Waals surface area contributed by atoms with Crippen LogP contribution >= 0.6 is 0 Å². The van der Waals surface area contributed by atoms with E-state index in [4.69, 9.17) is 0 Å². The highest BCUT2D eigenvalue weighted by Gasteiger charge is 2.30. The quantitative estimate of drug-likeness (QED) is 0.867. The van der Waals surface area contributed by atoms with Crippen molar-refractivity contribution < 1.29 is 9.59 Å². The number of hydrogen-bond acceptors (Lipinski definition) is 4. The van der Waals surface area contributed by atoms with Crippen molar-refractivity contribution in [2.24, 2.45) is 0 Å². The Hall–Kier alpha value is -2.70. The Morgan fingerprint density at radius 3 is 2.96 bits per heavy atom. The third-order valence-corrected chi connectivity index (χ3v) is 3.87. The van der Waals surface area contributed by atoms with Crippen LogP contribution in [-0.2, 0) is 4.79 Å². The fourth-order valence-electron chi connectivity index (χ4n) is 2.80. The van der Waals surface area contributed by atoms with Crippen LogP contribution in [0.2, 0.25) is 0 Å². The topological polar surface area (TPSA) is 95.2 Å². The summed E-state index contributed by atoms with van der Waals surface area (Å²) in [7, 11) is 0. The maximum atomic E-state index is 12.3. The molecular formula is C16H18N4O3. The summed E-state index contributed by atoms with van der Waals surface area (Å²) < 4.78 is 0. The lowest BCUT2D eigenvalue weighted by Gasteiger charge is -2.15. The van der Waals surface area contributed by atoms with E-state index >= 15 is 0 Å². The molecule has 3 rings (SSSR count). The molecule has 1 atom stereocenters. The van der Waals surface area contributed by atoms with Crippen molar-refractivity contribution in [1.29, 1.82) is 0 Å². The number of aromatic amines is 1. The molecule has 23 heavy (non-hydrogen) atoms. The lowest BCUT2D eigenvalue weighted by molar-refractivity contribution is -0.127. The van der Waals surface area contributed by atoms with Crippen molar-refractivity contribution in [3.05, 3.63) is 40.4 Å². The number of amides is 2. The van der Waals surface area contributed by atoms with Crippen molar-refractivity contribution >= 4 is 22.7 Å². The first kappa shape index (κ1) is 15.2. The van der Waals surface area contributed by atoms with E-state index in [2.05, 4.69) is 15.3 Å². The van der Waals surface area contributed by atoms with Crippen molar-refractivity contribution in [2.75, 3.05) is 13.1 Å². The maximum absolute atomic E-state index is 12.3. The SMILES string of the molecule is CCCN1C[C@@H](NC(=O)c2nc3ccccc3c(=O)[nH]2)CC1=O. The molecule has 1 aromatic heterocycles. The number of rotatable bonds is 4. The third-order valence-electron chi connectivity index (χ3n) is 3.87. The molecule has 0 aliphatic carbocycles. The van der Waals surface area contributed by atoms with Gasteiger partial charge in [0.15, 0.2) is 5.82 Å². The number of nitrogens with zero attached hydrogens (tertiary/aromatic N) is 2. The second-order valence-electron chi connectivity index (χ2n) is 5.65. The van der Waals surface area contributed by atoms with E-state index in [1.54, 1.807) is 29.2 Å². The number of fused-ring (bicyclic) bond motifs is 1. The summed E-state index contributed by atoms with van der Waals surface area (Å²) in [6, 6.07) is 6.59. The molecule has 0 unspecified atom stereocenters. The van der Waals surface area contributed by atoms with Gasteiger partial charge >= 0.3 is 0 Å². The molecule has 120 valence electrons. The highest BCUT2D eigenvalue weighted by Crippen LogP contribution is 2.12. The Balaban J connectivity index is 1.77. The van der Waals surface area contributed by atoms with E-state index in [0.29, 0.717) is 24.0 Å². The molecule has 0 radical (unpaired) electrons. The molecule has 1 saturated heterocycles. The predicted octanol–water partition coefficient (Wildman–Crippen LogP) is 0.664. The zero-order valence-electron chi connectivity index (χ0n) is 12.8. The van der Waals surface area contributed by atoms with Crippen molar-refractivity contribution in [2.45, 2.75) is 25.8 Å². The van der Waals surface area contributed by atoms with Crippen LogP contribution in [0.3, 0.4) is 0 Å². The van der Waals surface area contributed by atoms with Gasteiger partial charge in [-0.25, -0.2) is 4.98 Å². The van der Waals surface area contributed by atoms with Crippen molar-refractivity contribution in [3.8, 4) is 0 Å². The largest absolute Gasteiger partial charge is 0.344 e. The summed E-state index contributed by atoms with van der Waals surface area (Å²) in [4.78, 5) is 44.5. The van der Waals surface area contributed by atoms with E-state index in [0.717, 1.165) is 6.42 Å². The maximum Gasteiger partial charge on any atom is 0.287 e. The fraction of sp³-hybridized carbons (Fsp3) is 0.375. The van der Waals surface area contributed by atoms with E-state index in [-0.39, 0.29) is 29.8 Å². The molecule has 2 N–H and O–H groups in total. The summed E-state index contributed by atoms with van der Waals surface area (Å²) in [6.07, 6.45) is 1.16.